The van der Waals surface area contributed by atoms with Crippen LogP contribution in [0, 0.1) is 5.41 Å². The number of nitrogens with zero attached hydrogens (tertiary/aromatic N) is 1. The number of carbonyl (C=O) groups is 2. The molecular weight excluding hydrogens is 324 g/mol. The molecule has 1 aromatic carbocycles. The van der Waals surface area contributed by atoms with Gasteiger partial charge in [0, 0.05) is 12.0 Å². The largest absolute Gasteiger partial charge is 0.414 e. The molecule has 0 saturated heterocycles. The Balaban J connectivity index is 2.20. The first-order chi connectivity index (χ1) is 11.3. The minimum atomic E-state index is -0.300. The number of nitrogens with one attached hydrogen (secondary N) is 1. The van der Waals surface area contributed by atoms with Crippen LogP contribution in [0.3, 0.4) is 0 Å². The summed E-state index contributed by atoms with van der Waals surface area (Å²) in [5.41, 5.74) is 0.356. The molecule has 0 radical (unpaired) electrons. The lowest BCUT2D eigenvalue weighted by Crippen LogP contribution is -2.36. The molecule has 24 heavy (non-hydrogen) atoms. The lowest BCUT2D eigenvalue weighted by molar-refractivity contribution is -0.133. The van der Waals surface area contributed by atoms with Crippen LogP contribution in [0.25, 0.3) is 0 Å². The van der Waals surface area contributed by atoms with Crippen molar-refractivity contribution in [3.63, 3.8) is 0 Å². The summed E-state index contributed by atoms with van der Waals surface area (Å²) in [6, 6.07) is 8.77. The van der Waals surface area contributed by atoms with Crippen molar-refractivity contribution < 1.29 is 14.3 Å². The number of hydrogen-bond acceptors (Lipinski definition) is 5. The van der Waals surface area contributed by atoms with Gasteiger partial charge in [0.05, 0.1) is 12.2 Å². The molecule has 0 fully saturated rings. The van der Waals surface area contributed by atoms with Crippen molar-refractivity contribution in [2.75, 3.05) is 0 Å². The molecule has 0 spiro atoms. The minimum Gasteiger partial charge on any atom is -0.414 e. The molecule has 1 atom stereocenters. The quantitative estimate of drug-likeness (QED) is 0.832. The zero-order chi connectivity index (χ0) is 17.7. The van der Waals surface area contributed by atoms with E-state index >= 15 is 0 Å². The van der Waals surface area contributed by atoms with E-state index in [0.29, 0.717) is 22.1 Å². The number of aromatic nitrogens is 1. The second-order valence-electron chi connectivity index (χ2n) is 6.48. The maximum atomic E-state index is 12.5. The minimum absolute atomic E-state index is 0.155. The summed E-state index contributed by atoms with van der Waals surface area (Å²) in [5.74, 6) is -0.455. The number of carbonyl (C=O) groups excluding carboxylic acids is 2. The molecule has 0 bridgehead atoms. The Bertz CT molecular complexity index is 705. The molecule has 2 aromatic rings. The highest BCUT2D eigenvalue weighted by Gasteiger charge is 2.31. The monoisotopic (exact) mass is 346 g/mol. The van der Waals surface area contributed by atoms with Gasteiger partial charge in [-0.25, -0.2) is 4.98 Å². The molecule has 1 aromatic heterocycles. The Morgan fingerprint density at radius 2 is 1.92 bits per heavy atom. The average Bonchev–Trinajstić information content (AvgIpc) is 2.99. The van der Waals surface area contributed by atoms with Gasteiger partial charge in [-0.2, -0.15) is 0 Å². The first kappa shape index (κ1) is 18.1. The van der Waals surface area contributed by atoms with Crippen molar-refractivity contribution in [2.24, 2.45) is 5.41 Å². The zero-order valence-corrected chi connectivity index (χ0v) is 15.1. The molecule has 1 amide bonds. The van der Waals surface area contributed by atoms with Crippen molar-refractivity contribution in [3.8, 4) is 5.06 Å². The summed E-state index contributed by atoms with van der Waals surface area (Å²) in [6.07, 6.45) is 1.83. The SMILES string of the molecule is CCC(=O)Oc1cnc(C(NC(=O)c2ccccc2)C(C)(C)C)s1. The second-order valence-corrected chi connectivity index (χ2v) is 7.51. The smallest absolute Gasteiger partial charge is 0.311 e. The first-order valence-electron chi connectivity index (χ1n) is 7.83. The molecule has 1 N–H and O–H groups in total. The van der Waals surface area contributed by atoms with Crippen LogP contribution in [-0.2, 0) is 4.79 Å². The molecule has 5 nitrogen and oxygen atoms in total. The van der Waals surface area contributed by atoms with Crippen molar-refractivity contribution >= 4 is 23.2 Å². The van der Waals surface area contributed by atoms with Crippen molar-refractivity contribution in [1.82, 2.24) is 10.3 Å². The van der Waals surface area contributed by atoms with E-state index in [4.69, 9.17) is 4.74 Å². The number of amides is 1. The summed E-state index contributed by atoms with van der Waals surface area (Å²) >= 11 is 1.28. The summed E-state index contributed by atoms with van der Waals surface area (Å²) in [7, 11) is 0. The van der Waals surface area contributed by atoms with Gasteiger partial charge < -0.3 is 10.1 Å². The third-order valence-electron chi connectivity index (χ3n) is 3.43. The predicted octanol–water partition coefficient (Wildman–Crippen LogP) is 3.98. The molecule has 2 rings (SSSR count). The third-order valence-corrected chi connectivity index (χ3v) is 4.37. The van der Waals surface area contributed by atoms with Crippen molar-refractivity contribution in [2.45, 2.75) is 40.2 Å². The summed E-state index contributed by atoms with van der Waals surface area (Å²) in [5, 5.41) is 4.20. The normalized spacial score (nSPS) is 12.5. The van der Waals surface area contributed by atoms with Crippen molar-refractivity contribution in [1.29, 1.82) is 0 Å². The van der Waals surface area contributed by atoms with Crippen LogP contribution in [0.4, 0.5) is 0 Å². The Kier molecular flexibility index (Phi) is 5.72. The Morgan fingerprint density at radius 1 is 1.25 bits per heavy atom. The van der Waals surface area contributed by atoms with E-state index in [9.17, 15) is 9.59 Å². The van der Waals surface area contributed by atoms with Crippen LogP contribution in [-0.4, -0.2) is 16.9 Å². The number of benzene rings is 1. The van der Waals surface area contributed by atoms with E-state index in [1.807, 2.05) is 39.0 Å². The highest BCUT2D eigenvalue weighted by atomic mass is 32.1. The van der Waals surface area contributed by atoms with Gasteiger partial charge in [-0.3, -0.25) is 9.59 Å². The molecule has 0 aliphatic heterocycles. The Hall–Kier alpha value is -2.21. The third kappa shape index (κ3) is 4.64. The van der Waals surface area contributed by atoms with Crippen molar-refractivity contribution in [3.05, 3.63) is 47.1 Å². The fraction of sp³-hybridized carbons (Fsp3) is 0.389. The van der Waals surface area contributed by atoms with Gasteiger partial charge in [0.1, 0.15) is 5.01 Å². The molecule has 0 aliphatic carbocycles. The van der Waals surface area contributed by atoms with Gasteiger partial charge >= 0.3 is 5.97 Å². The molecule has 128 valence electrons. The maximum absolute atomic E-state index is 12.5. The zero-order valence-electron chi connectivity index (χ0n) is 14.3. The van der Waals surface area contributed by atoms with Gasteiger partial charge in [0.2, 0.25) is 5.06 Å². The number of esters is 1. The highest BCUT2D eigenvalue weighted by molar-refractivity contribution is 7.13. The van der Waals surface area contributed by atoms with Gasteiger partial charge in [-0.15, -0.1) is 0 Å². The Labute approximate surface area is 146 Å². The highest BCUT2D eigenvalue weighted by Crippen LogP contribution is 2.37. The average molecular weight is 346 g/mol. The standard InChI is InChI=1S/C18H22N2O3S/c1-5-13(21)23-14-11-19-17(24-14)15(18(2,3)4)20-16(22)12-9-7-6-8-10-12/h6-11,15H,5H2,1-4H3,(H,20,22). The fourth-order valence-electron chi connectivity index (χ4n) is 2.09. The van der Waals surface area contributed by atoms with Gasteiger partial charge in [-0.05, 0) is 17.5 Å². The number of ether oxygens (including phenoxy) is 1. The van der Waals surface area contributed by atoms with Gasteiger partial charge in [0.25, 0.3) is 5.91 Å². The lowest BCUT2D eigenvalue weighted by Gasteiger charge is -2.29. The molecular formula is C18H22N2O3S. The molecule has 6 heteroatoms. The topological polar surface area (TPSA) is 68.3 Å². The molecule has 0 saturated carbocycles. The summed E-state index contributed by atoms with van der Waals surface area (Å²) in [4.78, 5) is 28.2. The number of thiazole rings is 1. The van der Waals surface area contributed by atoms with Gasteiger partial charge in [0.15, 0.2) is 0 Å². The van der Waals surface area contributed by atoms with Crippen LogP contribution in [0.15, 0.2) is 36.5 Å². The predicted molar refractivity (Wildman–Crippen MR) is 94.1 cm³/mol. The van der Waals surface area contributed by atoms with Crippen LogP contribution >= 0.6 is 11.3 Å². The summed E-state index contributed by atoms with van der Waals surface area (Å²) < 4.78 is 5.20. The fourth-order valence-corrected chi connectivity index (χ4v) is 3.17. The van der Waals surface area contributed by atoms with Gasteiger partial charge in [-0.1, -0.05) is 57.2 Å². The number of hydrogen-bond donors (Lipinski definition) is 1. The first-order valence-corrected chi connectivity index (χ1v) is 8.65. The summed E-state index contributed by atoms with van der Waals surface area (Å²) in [6.45, 7) is 7.83. The van der Waals surface area contributed by atoms with Crippen LogP contribution < -0.4 is 10.1 Å². The van der Waals surface area contributed by atoms with E-state index in [1.165, 1.54) is 17.5 Å². The maximum Gasteiger partial charge on any atom is 0.311 e. The van der Waals surface area contributed by atoms with E-state index in [0.717, 1.165) is 0 Å². The molecule has 0 aliphatic rings. The van der Waals surface area contributed by atoms with Crippen LogP contribution in [0.1, 0.15) is 55.5 Å². The Morgan fingerprint density at radius 3 is 2.50 bits per heavy atom. The van der Waals surface area contributed by atoms with E-state index in [2.05, 4.69) is 10.3 Å². The van der Waals surface area contributed by atoms with E-state index in [1.54, 1.807) is 19.1 Å². The lowest BCUT2D eigenvalue weighted by atomic mass is 9.87. The molecule has 1 unspecified atom stereocenters. The van der Waals surface area contributed by atoms with E-state index in [-0.39, 0.29) is 23.3 Å². The second kappa shape index (κ2) is 7.57. The van der Waals surface area contributed by atoms with Crippen LogP contribution in [0.5, 0.6) is 5.06 Å². The van der Waals surface area contributed by atoms with E-state index < -0.39 is 0 Å². The van der Waals surface area contributed by atoms with Crippen LogP contribution in [0.2, 0.25) is 0 Å². The number of rotatable bonds is 5. The molecule has 1 heterocycles.